The van der Waals surface area contributed by atoms with Gasteiger partial charge in [0.15, 0.2) is 0 Å². The van der Waals surface area contributed by atoms with Crippen molar-refractivity contribution < 1.29 is 39.1 Å². The highest BCUT2D eigenvalue weighted by molar-refractivity contribution is 6.04. The molecule has 2 fully saturated rings. The number of rotatable bonds is 5. The van der Waals surface area contributed by atoms with Crippen molar-refractivity contribution in [1.82, 2.24) is 0 Å². The van der Waals surface area contributed by atoms with Crippen LogP contribution in [0.3, 0.4) is 0 Å². The van der Waals surface area contributed by atoms with Gasteiger partial charge in [-0.3, -0.25) is 0 Å². The SMILES string of the molecule is COc1c(C)c(OC[C@@H]2[C@@]3(C)CCCC(C)(C)[C@@H]3CC[C@@]2(C)O)c2c(c1C(=O)O)[C@@H](O)OC2=O. The molecule has 3 N–H and O–H groups in total. The number of aliphatic hydroxyl groups excluding tert-OH is 1. The van der Waals surface area contributed by atoms with E-state index < -0.39 is 23.8 Å². The molecule has 0 unspecified atom stereocenters. The Hall–Kier alpha value is -2.32. The number of aliphatic hydroxyl groups is 2. The van der Waals surface area contributed by atoms with Crippen LogP contribution >= 0.6 is 0 Å². The lowest BCUT2D eigenvalue weighted by Gasteiger charge is -2.61. The average Bonchev–Trinajstić information content (AvgIpc) is 3.00. The maximum Gasteiger partial charge on any atom is 0.345 e. The smallest absolute Gasteiger partial charge is 0.345 e. The van der Waals surface area contributed by atoms with Gasteiger partial charge in [-0.05, 0) is 56.3 Å². The number of hydrogen-bond donors (Lipinski definition) is 3. The van der Waals surface area contributed by atoms with Crippen LogP contribution in [0.5, 0.6) is 11.5 Å². The van der Waals surface area contributed by atoms with E-state index in [1.54, 1.807) is 6.92 Å². The third kappa shape index (κ3) is 3.57. The van der Waals surface area contributed by atoms with Gasteiger partial charge in [0.1, 0.15) is 22.6 Å². The summed E-state index contributed by atoms with van der Waals surface area (Å²) in [6.45, 7) is 10.5. The molecule has 5 atom stereocenters. The molecule has 2 saturated carbocycles. The first-order chi connectivity index (χ1) is 15.8. The second kappa shape index (κ2) is 8.12. The first-order valence-corrected chi connectivity index (χ1v) is 12.0. The molecular formula is C26H36O8. The van der Waals surface area contributed by atoms with Crippen molar-refractivity contribution in [1.29, 1.82) is 0 Å². The minimum absolute atomic E-state index is 0.0110. The van der Waals surface area contributed by atoms with Crippen LogP contribution in [0.1, 0.15) is 97.9 Å². The molecule has 0 bridgehead atoms. The minimum Gasteiger partial charge on any atom is -0.495 e. The standard InChI is InChI=1S/C26H36O8/c1-13-19(32-6)17(21(27)28)16-18(23(30)34-22(16)29)20(13)33-12-15-25(4)10-7-9-24(2,3)14(25)8-11-26(15,5)31/h14-15,22,29,31H,7-12H2,1-6H3,(H,27,28)/t14-,15+,22-,25-,26+/m0/s1. The molecule has 1 aliphatic heterocycles. The van der Waals surface area contributed by atoms with Crippen LogP contribution in [-0.4, -0.2) is 46.6 Å². The summed E-state index contributed by atoms with van der Waals surface area (Å²) >= 11 is 0. The van der Waals surface area contributed by atoms with E-state index >= 15 is 0 Å². The minimum atomic E-state index is -1.72. The molecule has 34 heavy (non-hydrogen) atoms. The third-order valence-corrected chi connectivity index (χ3v) is 8.92. The highest BCUT2D eigenvalue weighted by Crippen LogP contribution is 2.62. The predicted molar refractivity (Wildman–Crippen MR) is 123 cm³/mol. The number of carboxylic acid groups (broad SMARTS) is 1. The van der Waals surface area contributed by atoms with Crippen molar-refractivity contribution in [3.8, 4) is 11.5 Å². The lowest BCUT2D eigenvalue weighted by atomic mass is 9.46. The molecule has 4 rings (SSSR count). The van der Waals surface area contributed by atoms with Gasteiger partial charge >= 0.3 is 11.9 Å². The highest BCUT2D eigenvalue weighted by Gasteiger charge is 2.58. The van der Waals surface area contributed by atoms with Crippen LogP contribution in [-0.2, 0) is 4.74 Å². The summed E-state index contributed by atoms with van der Waals surface area (Å²) in [5, 5.41) is 31.5. The number of aromatic carboxylic acids is 1. The fourth-order valence-electron chi connectivity index (χ4n) is 7.33. The number of cyclic esters (lactones) is 1. The van der Waals surface area contributed by atoms with E-state index in [4.69, 9.17) is 14.2 Å². The number of ether oxygens (including phenoxy) is 3. The molecule has 0 radical (unpaired) electrons. The normalized spacial score (nSPS) is 34.1. The van der Waals surface area contributed by atoms with Crippen molar-refractivity contribution in [2.75, 3.05) is 13.7 Å². The fourth-order valence-corrected chi connectivity index (χ4v) is 7.33. The van der Waals surface area contributed by atoms with E-state index in [1.807, 2.05) is 6.92 Å². The Kier molecular flexibility index (Phi) is 5.92. The van der Waals surface area contributed by atoms with Gasteiger partial charge < -0.3 is 29.5 Å². The zero-order valence-electron chi connectivity index (χ0n) is 20.9. The molecule has 1 aromatic rings. The number of benzene rings is 1. The second-order valence-electron chi connectivity index (χ2n) is 11.4. The molecule has 8 heteroatoms. The van der Waals surface area contributed by atoms with E-state index in [2.05, 4.69) is 20.8 Å². The Balaban J connectivity index is 1.78. The van der Waals surface area contributed by atoms with Crippen molar-refractivity contribution in [3.63, 3.8) is 0 Å². The van der Waals surface area contributed by atoms with Crippen LogP contribution < -0.4 is 9.47 Å². The number of carboxylic acids is 1. The van der Waals surface area contributed by atoms with Gasteiger partial charge in [0.2, 0.25) is 6.29 Å². The maximum atomic E-state index is 12.6. The number of carbonyl (C=O) groups is 2. The van der Waals surface area contributed by atoms with E-state index in [1.165, 1.54) is 7.11 Å². The Morgan fingerprint density at radius 3 is 2.44 bits per heavy atom. The van der Waals surface area contributed by atoms with Crippen LogP contribution in [0.15, 0.2) is 0 Å². The zero-order valence-corrected chi connectivity index (χ0v) is 20.9. The summed E-state index contributed by atoms with van der Waals surface area (Å²) in [5.74, 6) is -1.82. The molecular weight excluding hydrogens is 440 g/mol. The lowest BCUT2D eigenvalue weighted by molar-refractivity contribution is -0.176. The molecule has 0 spiro atoms. The van der Waals surface area contributed by atoms with Crippen LogP contribution in [0.4, 0.5) is 0 Å². The molecule has 2 aliphatic carbocycles. The highest BCUT2D eigenvalue weighted by atomic mass is 16.6. The van der Waals surface area contributed by atoms with Crippen molar-refractivity contribution in [2.45, 2.75) is 78.6 Å². The van der Waals surface area contributed by atoms with Crippen LogP contribution in [0, 0.1) is 29.6 Å². The molecule has 0 aromatic heterocycles. The summed E-state index contributed by atoms with van der Waals surface area (Å²) in [6, 6.07) is 0. The molecule has 0 saturated heterocycles. The maximum absolute atomic E-state index is 12.6. The van der Waals surface area contributed by atoms with Gasteiger partial charge in [-0.1, -0.05) is 27.2 Å². The van der Waals surface area contributed by atoms with Gasteiger partial charge in [-0.25, -0.2) is 9.59 Å². The molecule has 1 aromatic carbocycles. The van der Waals surface area contributed by atoms with Gasteiger partial charge in [0.25, 0.3) is 0 Å². The number of esters is 1. The quantitative estimate of drug-likeness (QED) is 0.540. The molecule has 1 heterocycles. The molecule has 188 valence electrons. The monoisotopic (exact) mass is 476 g/mol. The summed E-state index contributed by atoms with van der Waals surface area (Å²) in [4.78, 5) is 24.6. The Morgan fingerprint density at radius 1 is 1.15 bits per heavy atom. The molecule has 3 aliphatic rings. The van der Waals surface area contributed by atoms with Crippen LogP contribution in [0.2, 0.25) is 0 Å². The first kappa shape index (κ1) is 24.8. The van der Waals surface area contributed by atoms with Gasteiger partial charge in [0, 0.05) is 11.5 Å². The Morgan fingerprint density at radius 2 is 1.82 bits per heavy atom. The van der Waals surface area contributed by atoms with Crippen molar-refractivity contribution in [2.24, 2.45) is 22.7 Å². The number of carbonyl (C=O) groups excluding carboxylic acids is 1. The molecule has 8 nitrogen and oxygen atoms in total. The molecule has 0 amide bonds. The lowest BCUT2D eigenvalue weighted by Crippen LogP contribution is -2.59. The number of methoxy groups -OCH3 is 1. The summed E-state index contributed by atoms with van der Waals surface area (Å²) < 4.78 is 16.6. The average molecular weight is 477 g/mol. The fraction of sp³-hybridized carbons (Fsp3) is 0.692. The van der Waals surface area contributed by atoms with Crippen molar-refractivity contribution in [3.05, 3.63) is 22.3 Å². The summed E-state index contributed by atoms with van der Waals surface area (Å²) in [6.07, 6.45) is 3.08. The largest absolute Gasteiger partial charge is 0.495 e. The summed E-state index contributed by atoms with van der Waals surface area (Å²) in [5.41, 5.74) is -1.19. The number of hydrogen-bond acceptors (Lipinski definition) is 7. The van der Waals surface area contributed by atoms with Gasteiger partial charge in [-0.2, -0.15) is 0 Å². The number of fused-ring (bicyclic) bond motifs is 2. The van der Waals surface area contributed by atoms with Gasteiger partial charge in [-0.15, -0.1) is 0 Å². The van der Waals surface area contributed by atoms with E-state index in [0.29, 0.717) is 17.9 Å². The second-order valence-corrected chi connectivity index (χ2v) is 11.4. The topological polar surface area (TPSA) is 123 Å². The Bertz CT molecular complexity index is 1030. The van der Waals surface area contributed by atoms with Crippen molar-refractivity contribution >= 4 is 11.9 Å². The predicted octanol–water partition coefficient (Wildman–Crippen LogP) is 4.24. The summed E-state index contributed by atoms with van der Waals surface area (Å²) in [7, 11) is 1.33. The van der Waals surface area contributed by atoms with E-state index in [-0.39, 0.29) is 51.5 Å². The van der Waals surface area contributed by atoms with E-state index in [0.717, 1.165) is 25.7 Å². The first-order valence-electron chi connectivity index (χ1n) is 12.0. The zero-order chi connectivity index (χ0) is 25.2. The Labute approximate surface area is 200 Å². The third-order valence-electron chi connectivity index (χ3n) is 8.92. The van der Waals surface area contributed by atoms with E-state index in [9.17, 15) is 24.9 Å². The van der Waals surface area contributed by atoms with Gasteiger partial charge in [0.05, 0.1) is 24.9 Å². The van der Waals surface area contributed by atoms with Crippen LogP contribution in [0.25, 0.3) is 0 Å².